The number of aryl methyl sites for hydroxylation is 1. The molecule has 0 unspecified atom stereocenters. The second-order valence-corrected chi connectivity index (χ2v) is 6.92. The van der Waals surface area contributed by atoms with Gasteiger partial charge in [-0.3, -0.25) is 9.36 Å². The lowest BCUT2D eigenvalue weighted by Crippen LogP contribution is -2.19. The van der Waals surface area contributed by atoms with Crippen LogP contribution in [0.2, 0.25) is 0 Å². The van der Waals surface area contributed by atoms with Crippen molar-refractivity contribution < 1.29 is 14.3 Å². The summed E-state index contributed by atoms with van der Waals surface area (Å²) in [6, 6.07) is 15.0. The smallest absolute Gasteiger partial charge is 0.343 e. The summed E-state index contributed by atoms with van der Waals surface area (Å²) in [5.41, 5.74) is 1.27. The number of aromatic amines is 1. The summed E-state index contributed by atoms with van der Waals surface area (Å²) in [5, 5.41) is 6.99. The lowest BCUT2D eigenvalue weighted by molar-refractivity contribution is 0.101. The summed E-state index contributed by atoms with van der Waals surface area (Å²) >= 11 is 1.21. The van der Waals surface area contributed by atoms with Crippen molar-refractivity contribution in [1.29, 1.82) is 0 Å². The number of benzene rings is 2. The molecule has 0 aliphatic rings. The molecule has 1 N–H and O–H groups in total. The van der Waals surface area contributed by atoms with Crippen molar-refractivity contribution >= 4 is 17.5 Å². The number of thioether (sulfide) groups is 1. The number of hydrogen-bond acceptors (Lipinski definition) is 6. The Balaban J connectivity index is 1.70. The quantitative estimate of drug-likeness (QED) is 0.440. The predicted molar refractivity (Wildman–Crippen MR) is 108 cm³/mol. The van der Waals surface area contributed by atoms with Crippen molar-refractivity contribution in [3.8, 4) is 11.5 Å². The first kappa shape index (κ1) is 19.8. The number of rotatable bonds is 9. The number of hydrogen-bond donors (Lipinski definition) is 1. The van der Waals surface area contributed by atoms with Gasteiger partial charge in [-0.05, 0) is 30.2 Å². The highest BCUT2D eigenvalue weighted by Crippen LogP contribution is 2.26. The highest BCUT2D eigenvalue weighted by atomic mass is 32.2. The maximum Gasteiger partial charge on any atom is 0.343 e. The van der Waals surface area contributed by atoms with Gasteiger partial charge in [-0.1, -0.05) is 42.1 Å². The van der Waals surface area contributed by atoms with Crippen LogP contribution >= 0.6 is 11.8 Å². The van der Waals surface area contributed by atoms with Crippen LogP contribution in [0.3, 0.4) is 0 Å². The van der Waals surface area contributed by atoms with Gasteiger partial charge in [0.1, 0.15) is 11.5 Å². The van der Waals surface area contributed by atoms with E-state index in [1.807, 2.05) is 30.3 Å². The first-order chi connectivity index (χ1) is 13.6. The van der Waals surface area contributed by atoms with Gasteiger partial charge in [0.15, 0.2) is 10.9 Å². The minimum Gasteiger partial charge on any atom is -0.497 e. The number of nitrogens with one attached hydrogen (secondary N) is 1. The third-order valence-corrected chi connectivity index (χ3v) is 5.21. The van der Waals surface area contributed by atoms with Gasteiger partial charge in [-0.25, -0.2) is 9.89 Å². The Kier molecular flexibility index (Phi) is 6.54. The molecule has 1 heterocycles. The number of carbonyl (C=O) groups excluding carboxylic acids is 1. The first-order valence-corrected chi connectivity index (χ1v) is 9.68. The van der Waals surface area contributed by atoms with Crippen LogP contribution in [0.5, 0.6) is 11.5 Å². The Morgan fingerprint density at radius 2 is 1.93 bits per heavy atom. The standard InChI is InChI=1S/C20H21N3O4S/c1-26-15-8-9-18(27-2)16(12-15)17(24)13-28-20-22-21-19(25)23(20)11-10-14-6-4-3-5-7-14/h3-9,12H,10-11,13H2,1-2H3,(H,21,25). The maximum atomic E-state index is 12.7. The lowest BCUT2D eigenvalue weighted by atomic mass is 10.1. The maximum absolute atomic E-state index is 12.7. The molecule has 3 aromatic rings. The van der Waals surface area contributed by atoms with E-state index in [1.54, 1.807) is 29.9 Å². The van der Waals surface area contributed by atoms with Crippen molar-refractivity contribution in [3.63, 3.8) is 0 Å². The molecule has 7 nitrogen and oxygen atoms in total. The third-order valence-electron chi connectivity index (χ3n) is 4.23. The van der Waals surface area contributed by atoms with Gasteiger partial charge in [-0.15, -0.1) is 5.10 Å². The zero-order chi connectivity index (χ0) is 19.9. The Morgan fingerprint density at radius 1 is 1.14 bits per heavy atom. The van der Waals surface area contributed by atoms with E-state index < -0.39 is 0 Å². The summed E-state index contributed by atoms with van der Waals surface area (Å²) in [4.78, 5) is 24.8. The van der Waals surface area contributed by atoms with Gasteiger partial charge in [0.2, 0.25) is 0 Å². The zero-order valence-corrected chi connectivity index (χ0v) is 16.5. The number of methoxy groups -OCH3 is 2. The molecule has 28 heavy (non-hydrogen) atoms. The van der Waals surface area contributed by atoms with E-state index in [0.29, 0.717) is 35.2 Å². The van der Waals surface area contributed by atoms with Gasteiger partial charge < -0.3 is 9.47 Å². The topological polar surface area (TPSA) is 86.2 Å². The molecule has 1 aromatic heterocycles. The average molecular weight is 399 g/mol. The van der Waals surface area contributed by atoms with Gasteiger partial charge in [0.05, 0.1) is 25.5 Å². The van der Waals surface area contributed by atoms with E-state index >= 15 is 0 Å². The fourth-order valence-corrected chi connectivity index (χ4v) is 3.59. The molecule has 2 aromatic carbocycles. The Hall–Kier alpha value is -3.00. The third kappa shape index (κ3) is 4.64. The van der Waals surface area contributed by atoms with Crippen molar-refractivity contribution in [1.82, 2.24) is 14.8 Å². The van der Waals surface area contributed by atoms with E-state index in [2.05, 4.69) is 10.2 Å². The number of nitrogens with zero attached hydrogens (tertiary/aromatic N) is 2. The summed E-state index contributed by atoms with van der Waals surface area (Å²) < 4.78 is 12.0. The minimum atomic E-state index is -0.287. The fourth-order valence-electron chi connectivity index (χ4n) is 2.74. The summed E-state index contributed by atoms with van der Waals surface area (Å²) in [6.45, 7) is 0.484. The SMILES string of the molecule is COc1ccc(OC)c(C(=O)CSc2n[nH]c(=O)n2CCc2ccccc2)c1. The van der Waals surface area contributed by atoms with Crippen molar-refractivity contribution in [2.24, 2.45) is 0 Å². The van der Waals surface area contributed by atoms with Gasteiger partial charge in [0.25, 0.3) is 0 Å². The molecule has 0 amide bonds. The molecule has 0 fully saturated rings. The Morgan fingerprint density at radius 3 is 2.64 bits per heavy atom. The average Bonchev–Trinajstić information content (AvgIpc) is 3.10. The fraction of sp³-hybridized carbons (Fsp3) is 0.250. The van der Waals surface area contributed by atoms with Crippen LogP contribution in [0.15, 0.2) is 58.5 Å². The molecule has 0 saturated carbocycles. The molecule has 0 radical (unpaired) electrons. The normalized spacial score (nSPS) is 10.6. The van der Waals surface area contributed by atoms with Gasteiger partial charge in [0, 0.05) is 6.54 Å². The molecule has 0 saturated heterocycles. The highest BCUT2D eigenvalue weighted by molar-refractivity contribution is 7.99. The van der Waals surface area contributed by atoms with Crippen molar-refractivity contribution in [2.45, 2.75) is 18.1 Å². The highest BCUT2D eigenvalue weighted by Gasteiger charge is 2.16. The Bertz CT molecular complexity index is 998. The molecule has 0 spiro atoms. The minimum absolute atomic E-state index is 0.124. The predicted octanol–water partition coefficient (Wildman–Crippen LogP) is 2.81. The molecule has 8 heteroatoms. The van der Waals surface area contributed by atoms with E-state index in [0.717, 1.165) is 5.56 Å². The summed E-state index contributed by atoms with van der Waals surface area (Å²) in [5.74, 6) is 1.05. The molecule has 0 bridgehead atoms. The molecule has 0 aliphatic carbocycles. The van der Waals surface area contributed by atoms with Crippen LogP contribution in [0.4, 0.5) is 0 Å². The molecule has 0 atom stereocenters. The van der Waals surface area contributed by atoms with Crippen LogP contribution in [-0.4, -0.2) is 40.5 Å². The largest absolute Gasteiger partial charge is 0.497 e. The Labute approximate surface area is 166 Å². The molecule has 146 valence electrons. The molecule has 0 aliphatic heterocycles. The second kappa shape index (κ2) is 9.27. The van der Waals surface area contributed by atoms with Gasteiger partial charge >= 0.3 is 5.69 Å². The number of aromatic nitrogens is 3. The number of H-pyrrole nitrogens is 1. The van der Waals surface area contributed by atoms with E-state index in [-0.39, 0.29) is 17.2 Å². The number of Topliss-reactive ketones (excluding diaryl/α,β-unsaturated/α-hetero) is 1. The summed E-state index contributed by atoms with van der Waals surface area (Å²) in [7, 11) is 3.06. The lowest BCUT2D eigenvalue weighted by Gasteiger charge is -2.10. The molecular formula is C20H21N3O4S. The molecule has 3 rings (SSSR count). The van der Waals surface area contributed by atoms with E-state index in [1.165, 1.54) is 18.9 Å². The number of ether oxygens (including phenoxy) is 2. The monoisotopic (exact) mass is 399 g/mol. The first-order valence-electron chi connectivity index (χ1n) is 8.69. The number of carbonyl (C=O) groups is 1. The number of ketones is 1. The van der Waals surface area contributed by atoms with Crippen LogP contribution in [0.25, 0.3) is 0 Å². The van der Waals surface area contributed by atoms with E-state index in [4.69, 9.17) is 9.47 Å². The second-order valence-electron chi connectivity index (χ2n) is 5.98. The molecular weight excluding hydrogens is 378 g/mol. The van der Waals surface area contributed by atoms with Crippen molar-refractivity contribution in [2.75, 3.05) is 20.0 Å². The summed E-state index contributed by atoms with van der Waals surface area (Å²) in [6.07, 6.45) is 0.700. The van der Waals surface area contributed by atoms with Crippen LogP contribution < -0.4 is 15.2 Å². The van der Waals surface area contributed by atoms with Crippen LogP contribution in [0, 0.1) is 0 Å². The van der Waals surface area contributed by atoms with Crippen molar-refractivity contribution in [3.05, 3.63) is 70.1 Å². The van der Waals surface area contributed by atoms with E-state index in [9.17, 15) is 9.59 Å². The van der Waals surface area contributed by atoms with Crippen LogP contribution in [0.1, 0.15) is 15.9 Å². The zero-order valence-electron chi connectivity index (χ0n) is 15.7. The van der Waals surface area contributed by atoms with Crippen LogP contribution in [-0.2, 0) is 13.0 Å². The van der Waals surface area contributed by atoms with Gasteiger partial charge in [-0.2, -0.15) is 0 Å².